The Labute approximate surface area is 112 Å². The SMILES string of the molecule is O=C(O)C1(Nc2cc(F)cc(F)c2[N+](=O)[O-])CCCC1. The second-order valence-corrected chi connectivity index (χ2v) is 4.76. The number of halogens is 2. The molecule has 0 atom stereocenters. The summed E-state index contributed by atoms with van der Waals surface area (Å²) in [6.07, 6.45) is 1.75. The van der Waals surface area contributed by atoms with E-state index in [1.165, 1.54) is 0 Å². The molecule has 0 amide bonds. The summed E-state index contributed by atoms with van der Waals surface area (Å²) in [4.78, 5) is 21.2. The molecule has 0 aromatic heterocycles. The average molecular weight is 286 g/mol. The van der Waals surface area contributed by atoms with Crippen molar-refractivity contribution in [2.45, 2.75) is 31.2 Å². The van der Waals surface area contributed by atoms with Crippen molar-refractivity contribution in [3.8, 4) is 0 Å². The molecular weight excluding hydrogens is 274 g/mol. The molecule has 20 heavy (non-hydrogen) atoms. The van der Waals surface area contributed by atoms with E-state index in [2.05, 4.69) is 5.32 Å². The fourth-order valence-electron chi connectivity index (χ4n) is 2.48. The van der Waals surface area contributed by atoms with Crippen LogP contribution in [0.25, 0.3) is 0 Å². The lowest BCUT2D eigenvalue weighted by atomic mass is 9.97. The minimum absolute atomic E-state index is 0.248. The molecule has 108 valence electrons. The summed E-state index contributed by atoms with van der Waals surface area (Å²) in [5.41, 5.74) is -2.80. The number of nitrogens with one attached hydrogen (secondary N) is 1. The molecule has 0 saturated heterocycles. The number of carbonyl (C=O) groups is 1. The Hall–Kier alpha value is -2.25. The largest absolute Gasteiger partial charge is 0.480 e. The molecule has 8 heteroatoms. The summed E-state index contributed by atoms with van der Waals surface area (Å²) in [5.74, 6) is -3.53. The molecule has 1 aliphatic carbocycles. The minimum Gasteiger partial charge on any atom is -0.480 e. The van der Waals surface area contributed by atoms with Gasteiger partial charge in [-0.05, 0) is 12.8 Å². The zero-order chi connectivity index (χ0) is 14.9. The number of carboxylic acid groups (broad SMARTS) is 1. The van der Waals surface area contributed by atoms with Crippen LogP contribution in [0.5, 0.6) is 0 Å². The maximum absolute atomic E-state index is 13.5. The number of anilines is 1. The Bertz CT molecular complexity index is 571. The number of benzene rings is 1. The third kappa shape index (κ3) is 2.40. The fraction of sp³-hybridized carbons (Fsp3) is 0.417. The van der Waals surface area contributed by atoms with E-state index >= 15 is 0 Å². The van der Waals surface area contributed by atoms with Crippen molar-refractivity contribution < 1.29 is 23.6 Å². The zero-order valence-corrected chi connectivity index (χ0v) is 10.4. The Morgan fingerprint density at radius 2 is 1.95 bits per heavy atom. The normalized spacial score (nSPS) is 16.9. The van der Waals surface area contributed by atoms with Gasteiger partial charge in [-0.3, -0.25) is 10.1 Å². The van der Waals surface area contributed by atoms with Crippen LogP contribution in [0.3, 0.4) is 0 Å². The van der Waals surface area contributed by atoms with Gasteiger partial charge < -0.3 is 10.4 Å². The lowest BCUT2D eigenvalue weighted by Gasteiger charge is -2.26. The van der Waals surface area contributed by atoms with Crippen LogP contribution in [0.4, 0.5) is 20.2 Å². The van der Waals surface area contributed by atoms with Crippen molar-refractivity contribution in [1.82, 2.24) is 0 Å². The number of hydrogen-bond donors (Lipinski definition) is 2. The van der Waals surface area contributed by atoms with Crippen molar-refractivity contribution in [3.63, 3.8) is 0 Å². The van der Waals surface area contributed by atoms with Gasteiger partial charge in [-0.2, -0.15) is 4.39 Å². The van der Waals surface area contributed by atoms with E-state index in [1.807, 2.05) is 0 Å². The molecule has 1 aromatic carbocycles. The summed E-state index contributed by atoms with van der Waals surface area (Å²) < 4.78 is 26.7. The topological polar surface area (TPSA) is 92.5 Å². The maximum Gasteiger partial charge on any atom is 0.329 e. The molecule has 2 N–H and O–H groups in total. The molecule has 0 bridgehead atoms. The first-order valence-electron chi connectivity index (χ1n) is 6.01. The van der Waals surface area contributed by atoms with Crippen molar-refractivity contribution in [2.24, 2.45) is 0 Å². The highest BCUT2D eigenvalue weighted by atomic mass is 19.1. The van der Waals surface area contributed by atoms with Gasteiger partial charge in [0.15, 0.2) is 0 Å². The maximum atomic E-state index is 13.5. The van der Waals surface area contributed by atoms with Crippen molar-refractivity contribution in [1.29, 1.82) is 0 Å². The third-order valence-electron chi connectivity index (χ3n) is 3.45. The highest BCUT2D eigenvalue weighted by Crippen LogP contribution is 2.37. The van der Waals surface area contributed by atoms with Crippen LogP contribution in [0.1, 0.15) is 25.7 Å². The summed E-state index contributed by atoms with van der Waals surface area (Å²) in [7, 11) is 0. The van der Waals surface area contributed by atoms with E-state index in [-0.39, 0.29) is 12.8 Å². The highest BCUT2D eigenvalue weighted by molar-refractivity contribution is 5.84. The van der Waals surface area contributed by atoms with Gasteiger partial charge in [0.05, 0.1) is 4.92 Å². The summed E-state index contributed by atoms with van der Waals surface area (Å²) in [6.45, 7) is 0. The second kappa shape index (κ2) is 5.03. The van der Waals surface area contributed by atoms with E-state index in [1.54, 1.807) is 0 Å². The zero-order valence-electron chi connectivity index (χ0n) is 10.4. The van der Waals surface area contributed by atoms with Gasteiger partial charge in [0.25, 0.3) is 0 Å². The smallest absolute Gasteiger partial charge is 0.329 e. The lowest BCUT2D eigenvalue weighted by molar-refractivity contribution is -0.386. The van der Waals surface area contributed by atoms with E-state index in [9.17, 15) is 28.8 Å². The van der Waals surface area contributed by atoms with Crippen LogP contribution < -0.4 is 5.32 Å². The van der Waals surface area contributed by atoms with Gasteiger partial charge in [-0.15, -0.1) is 0 Å². The average Bonchev–Trinajstić information content (AvgIpc) is 2.77. The van der Waals surface area contributed by atoms with E-state index in [0.29, 0.717) is 18.9 Å². The van der Waals surface area contributed by atoms with E-state index in [0.717, 1.165) is 6.07 Å². The first-order chi connectivity index (χ1) is 9.35. The minimum atomic E-state index is -1.41. The first kappa shape index (κ1) is 14.2. The number of rotatable bonds is 4. The molecule has 0 spiro atoms. The molecule has 1 aromatic rings. The molecule has 2 rings (SSSR count). The van der Waals surface area contributed by atoms with Gasteiger partial charge in [0, 0.05) is 12.1 Å². The number of carboxylic acids is 1. The lowest BCUT2D eigenvalue weighted by Crippen LogP contribution is -2.43. The molecule has 0 radical (unpaired) electrons. The van der Waals surface area contributed by atoms with Gasteiger partial charge in [-0.25, -0.2) is 9.18 Å². The standard InChI is InChI=1S/C12H12F2N2O4/c13-7-5-8(14)10(16(19)20)9(6-7)15-12(11(17)18)3-1-2-4-12/h5-6,15H,1-4H2,(H,17,18). The molecule has 1 saturated carbocycles. The summed E-state index contributed by atoms with van der Waals surface area (Å²) in [6, 6.07) is 1.13. The second-order valence-electron chi connectivity index (χ2n) is 4.76. The van der Waals surface area contributed by atoms with E-state index < -0.39 is 39.4 Å². The van der Waals surface area contributed by atoms with Gasteiger partial charge in [0.1, 0.15) is 17.0 Å². The van der Waals surface area contributed by atoms with Gasteiger partial charge >= 0.3 is 11.7 Å². The highest BCUT2D eigenvalue weighted by Gasteiger charge is 2.43. The quantitative estimate of drug-likeness (QED) is 0.655. The molecule has 0 unspecified atom stereocenters. The number of nitrogens with zero attached hydrogens (tertiary/aromatic N) is 1. The van der Waals surface area contributed by atoms with Crippen LogP contribution in [0, 0.1) is 21.7 Å². The predicted molar refractivity (Wildman–Crippen MR) is 65.5 cm³/mol. The molecule has 0 aliphatic heterocycles. The molecule has 6 nitrogen and oxygen atoms in total. The van der Waals surface area contributed by atoms with Gasteiger partial charge in [0.2, 0.25) is 5.82 Å². The number of nitro benzene ring substituents is 1. The summed E-state index contributed by atoms with van der Waals surface area (Å²) >= 11 is 0. The number of hydrogen-bond acceptors (Lipinski definition) is 4. The van der Waals surface area contributed by atoms with Crippen LogP contribution >= 0.6 is 0 Å². The predicted octanol–water partition coefficient (Wildman–Crippen LogP) is 2.68. The fourth-order valence-corrected chi connectivity index (χ4v) is 2.48. The Morgan fingerprint density at radius 1 is 1.35 bits per heavy atom. The van der Waals surface area contributed by atoms with Crippen molar-refractivity contribution >= 4 is 17.3 Å². The van der Waals surface area contributed by atoms with Crippen LogP contribution in [-0.4, -0.2) is 21.5 Å². The Balaban J connectivity index is 2.47. The first-order valence-corrected chi connectivity index (χ1v) is 6.01. The van der Waals surface area contributed by atoms with Crippen molar-refractivity contribution in [2.75, 3.05) is 5.32 Å². The van der Waals surface area contributed by atoms with E-state index in [4.69, 9.17) is 0 Å². The molecule has 0 heterocycles. The van der Waals surface area contributed by atoms with Crippen LogP contribution in [0.15, 0.2) is 12.1 Å². The third-order valence-corrected chi connectivity index (χ3v) is 3.45. The van der Waals surface area contributed by atoms with Crippen molar-refractivity contribution in [3.05, 3.63) is 33.9 Å². The van der Waals surface area contributed by atoms with Crippen LogP contribution in [-0.2, 0) is 4.79 Å². The Kier molecular flexibility index (Phi) is 3.56. The number of aliphatic carboxylic acids is 1. The molecule has 1 aliphatic rings. The summed E-state index contributed by atoms with van der Waals surface area (Å²) in [5, 5.41) is 22.6. The Morgan fingerprint density at radius 3 is 2.45 bits per heavy atom. The monoisotopic (exact) mass is 286 g/mol. The number of nitro groups is 1. The van der Waals surface area contributed by atoms with Gasteiger partial charge in [-0.1, -0.05) is 12.8 Å². The van der Waals surface area contributed by atoms with Crippen LogP contribution in [0.2, 0.25) is 0 Å². The molecule has 1 fully saturated rings. The molecular formula is C12H12F2N2O4.